The van der Waals surface area contributed by atoms with Gasteiger partial charge < -0.3 is 15.4 Å². The number of nitrogens with two attached hydrogens (primary N) is 1. The number of piperidine rings is 1. The number of amides is 1. The van der Waals surface area contributed by atoms with Gasteiger partial charge in [-0.05, 0) is 81.1 Å². The molecular formula is C36H45N3O4. The Morgan fingerprint density at radius 3 is 2.30 bits per heavy atom. The minimum absolute atomic E-state index is 0.0441. The monoisotopic (exact) mass is 583 g/mol. The van der Waals surface area contributed by atoms with Crippen LogP contribution in [-0.4, -0.2) is 65.8 Å². The molecule has 4 rings (SSSR count). The summed E-state index contributed by atoms with van der Waals surface area (Å²) in [6.45, 7) is 7.16. The van der Waals surface area contributed by atoms with Gasteiger partial charge in [0.2, 0.25) is 5.91 Å². The molecule has 0 aromatic heterocycles. The van der Waals surface area contributed by atoms with Crippen LogP contribution in [0, 0.1) is 5.92 Å². The van der Waals surface area contributed by atoms with Crippen molar-refractivity contribution in [2.75, 3.05) is 26.7 Å². The molecule has 1 saturated heterocycles. The quantitative estimate of drug-likeness (QED) is 0.224. The van der Waals surface area contributed by atoms with E-state index in [0.29, 0.717) is 45.4 Å². The number of likely N-dealkylation sites (N-methyl/N-ethyl adjacent to an activating group) is 1. The van der Waals surface area contributed by atoms with Crippen LogP contribution in [0.5, 0.6) is 0 Å². The molecule has 0 bridgehead atoms. The van der Waals surface area contributed by atoms with Crippen molar-refractivity contribution in [2.24, 2.45) is 11.7 Å². The lowest BCUT2D eigenvalue weighted by Crippen LogP contribution is -2.50. The largest absolute Gasteiger partial charge is 0.466 e. The zero-order valence-electron chi connectivity index (χ0n) is 25.9. The highest BCUT2D eigenvalue weighted by Crippen LogP contribution is 2.31. The molecule has 3 aromatic rings. The average molecular weight is 584 g/mol. The highest BCUT2D eigenvalue weighted by molar-refractivity contribution is 5.96. The van der Waals surface area contributed by atoms with E-state index in [1.165, 1.54) is 6.08 Å². The third-order valence-corrected chi connectivity index (χ3v) is 8.19. The fraction of sp³-hybridized carbons (Fsp3) is 0.417. The van der Waals surface area contributed by atoms with Crippen molar-refractivity contribution in [3.05, 3.63) is 96.1 Å². The predicted molar refractivity (Wildman–Crippen MR) is 171 cm³/mol. The molecule has 7 nitrogen and oxygen atoms in total. The number of hydrogen-bond acceptors (Lipinski definition) is 6. The van der Waals surface area contributed by atoms with Crippen molar-refractivity contribution < 1.29 is 19.1 Å². The maximum Gasteiger partial charge on any atom is 0.309 e. The van der Waals surface area contributed by atoms with Gasteiger partial charge in [-0.25, -0.2) is 0 Å². The Hall–Kier alpha value is -3.81. The molecule has 1 fully saturated rings. The molecule has 1 aliphatic heterocycles. The minimum atomic E-state index is -0.711. The van der Waals surface area contributed by atoms with E-state index in [4.69, 9.17) is 10.5 Å². The molecular weight excluding hydrogens is 538 g/mol. The second kappa shape index (κ2) is 14.6. The number of carbonyl (C=O) groups is 3. The lowest BCUT2D eigenvalue weighted by molar-refractivity contribution is -0.150. The number of likely N-dealkylation sites (tertiary alicyclic amines) is 1. The number of fused-ring (bicyclic) bond motifs is 1. The molecule has 43 heavy (non-hydrogen) atoms. The molecule has 0 spiro atoms. The highest BCUT2D eigenvalue weighted by atomic mass is 16.5. The van der Waals surface area contributed by atoms with Crippen LogP contribution in [0.3, 0.4) is 0 Å². The van der Waals surface area contributed by atoms with Crippen LogP contribution in [0.25, 0.3) is 10.8 Å². The Kier molecular flexibility index (Phi) is 10.9. The van der Waals surface area contributed by atoms with Crippen molar-refractivity contribution >= 4 is 28.4 Å². The van der Waals surface area contributed by atoms with E-state index in [0.717, 1.165) is 21.9 Å². The summed E-state index contributed by atoms with van der Waals surface area (Å²) >= 11 is 0. The van der Waals surface area contributed by atoms with Gasteiger partial charge in [-0.1, -0.05) is 78.9 Å². The summed E-state index contributed by atoms with van der Waals surface area (Å²) in [5, 5.41) is 2.21. The molecule has 2 atom stereocenters. The van der Waals surface area contributed by atoms with Gasteiger partial charge in [0.05, 0.1) is 24.6 Å². The molecule has 0 aliphatic carbocycles. The highest BCUT2D eigenvalue weighted by Gasteiger charge is 2.38. The number of nitrogens with zero attached hydrogens (tertiary/aromatic N) is 2. The molecule has 1 aliphatic rings. The summed E-state index contributed by atoms with van der Waals surface area (Å²) in [4.78, 5) is 44.4. The molecule has 1 unspecified atom stereocenters. The molecule has 2 N–H and O–H groups in total. The third kappa shape index (κ3) is 8.62. The van der Waals surface area contributed by atoms with Crippen molar-refractivity contribution in [3.63, 3.8) is 0 Å². The van der Waals surface area contributed by atoms with E-state index in [2.05, 4.69) is 29.2 Å². The standard InChI is InChI=1S/C36H45N3O4/c1-5-43-35(42)29-19-22-39(23-20-29)33(28-13-7-6-8-14-28)34(41)31(38(4)32(40)16-11-21-36(2,3)37)25-26-17-18-27-12-9-10-15-30(27)24-26/h6-18,24,29,31,33H,5,19-23,25,37H2,1-4H3/b16-11+/t31-,33?/m1/s1. The second-order valence-electron chi connectivity index (χ2n) is 12.2. The molecule has 1 heterocycles. The van der Waals surface area contributed by atoms with Gasteiger partial charge in [-0.3, -0.25) is 19.3 Å². The normalized spacial score (nSPS) is 16.2. The Morgan fingerprint density at radius 1 is 1.00 bits per heavy atom. The maximum atomic E-state index is 14.7. The van der Waals surface area contributed by atoms with Crippen LogP contribution in [0.1, 0.15) is 57.2 Å². The Labute approximate surface area is 255 Å². The van der Waals surface area contributed by atoms with Gasteiger partial charge in [0, 0.05) is 19.0 Å². The molecule has 7 heteroatoms. The third-order valence-electron chi connectivity index (χ3n) is 8.19. The van der Waals surface area contributed by atoms with E-state index in [9.17, 15) is 14.4 Å². The summed E-state index contributed by atoms with van der Waals surface area (Å²) in [7, 11) is 1.71. The lowest BCUT2D eigenvalue weighted by atomic mass is 9.88. The van der Waals surface area contributed by atoms with Gasteiger partial charge in [0.1, 0.15) is 0 Å². The first-order valence-electron chi connectivity index (χ1n) is 15.3. The number of esters is 1. The van der Waals surface area contributed by atoms with E-state index < -0.39 is 17.6 Å². The Balaban J connectivity index is 1.66. The average Bonchev–Trinajstić information content (AvgIpc) is 3.00. The smallest absolute Gasteiger partial charge is 0.309 e. The predicted octanol–water partition coefficient (Wildman–Crippen LogP) is 5.48. The topological polar surface area (TPSA) is 92.9 Å². The van der Waals surface area contributed by atoms with Crippen LogP contribution < -0.4 is 5.73 Å². The molecule has 3 aromatic carbocycles. The van der Waals surface area contributed by atoms with E-state index in [-0.39, 0.29) is 23.6 Å². The van der Waals surface area contributed by atoms with Gasteiger partial charge >= 0.3 is 5.97 Å². The second-order valence-corrected chi connectivity index (χ2v) is 12.2. The number of Topliss-reactive ketones (excluding diaryl/α,β-unsaturated/α-hetero) is 1. The summed E-state index contributed by atoms with van der Waals surface area (Å²) in [5.74, 6) is -0.623. The van der Waals surface area contributed by atoms with Crippen LogP contribution in [0.2, 0.25) is 0 Å². The first-order chi connectivity index (χ1) is 20.6. The molecule has 1 amide bonds. The number of hydrogen-bond donors (Lipinski definition) is 1. The van der Waals surface area contributed by atoms with Crippen molar-refractivity contribution in [2.45, 2.75) is 64.1 Å². The maximum absolute atomic E-state index is 14.7. The fourth-order valence-electron chi connectivity index (χ4n) is 5.78. The van der Waals surface area contributed by atoms with E-state index in [1.54, 1.807) is 18.0 Å². The van der Waals surface area contributed by atoms with Crippen LogP contribution in [0.4, 0.5) is 0 Å². The van der Waals surface area contributed by atoms with E-state index >= 15 is 0 Å². The molecule has 0 radical (unpaired) electrons. The number of ketones is 1. The van der Waals surface area contributed by atoms with Crippen molar-refractivity contribution in [3.8, 4) is 0 Å². The molecule has 228 valence electrons. The fourth-order valence-corrected chi connectivity index (χ4v) is 5.78. The number of carbonyl (C=O) groups excluding carboxylic acids is 3. The summed E-state index contributed by atoms with van der Waals surface area (Å²) in [6, 6.07) is 22.8. The first kappa shape index (κ1) is 32.1. The summed E-state index contributed by atoms with van der Waals surface area (Å²) in [5.41, 5.74) is 7.54. The lowest BCUT2D eigenvalue weighted by Gasteiger charge is -2.39. The van der Waals surface area contributed by atoms with Gasteiger partial charge in [-0.2, -0.15) is 0 Å². The number of rotatable bonds is 12. The van der Waals surface area contributed by atoms with Crippen LogP contribution in [0.15, 0.2) is 84.9 Å². The van der Waals surface area contributed by atoms with Gasteiger partial charge in [0.25, 0.3) is 0 Å². The first-order valence-corrected chi connectivity index (χ1v) is 15.3. The van der Waals surface area contributed by atoms with Crippen molar-refractivity contribution in [1.82, 2.24) is 9.80 Å². The van der Waals surface area contributed by atoms with Gasteiger partial charge in [-0.15, -0.1) is 0 Å². The summed E-state index contributed by atoms with van der Waals surface area (Å²) in [6.07, 6.45) is 5.47. The van der Waals surface area contributed by atoms with Crippen molar-refractivity contribution in [1.29, 1.82) is 0 Å². The van der Waals surface area contributed by atoms with Gasteiger partial charge in [0.15, 0.2) is 5.78 Å². The van der Waals surface area contributed by atoms with E-state index in [1.807, 2.05) is 69.3 Å². The zero-order chi connectivity index (χ0) is 31.0. The minimum Gasteiger partial charge on any atom is -0.466 e. The molecule has 0 saturated carbocycles. The summed E-state index contributed by atoms with van der Waals surface area (Å²) < 4.78 is 5.27. The van der Waals surface area contributed by atoms with Crippen LogP contribution >= 0.6 is 0 Å². The number of benzene rings is 3. The zero-order valence-corrected chi connectivity index (χ0v) is 25.9. The number of ether oxygens (including phenoxy) is 1. The Bertz CT molecular complexity index is 1420. The van der Waals surface area contributed by atoms with Crippen LogP contribution in [-0.2, 0) is 25.5 Å². The Morgan fingerprint density at radius 2 is 1.65 bits per heavy atom. The SMILES string of the molecule is CCOC(=O)C1CCN(C(C(=O)[C@@H](Cc2ccc3ccccc3c2)N(C)C(=O)/C=C/CC(C)(C)N)c2ccccc2)CC1.